The van der Waals surface area contributed by atoms with E-state index in [4.69, 9.17) is 4.74 Å². The third kappa shape index (κ3) is 2.78. The smallest absolute Gasteiger partial charge is 0.217 e. The first-order valence-electron chi connectivity index (χ1n) is 5.43. The minimum absolute atomic E-state index is 0.541. The first kappa shape index (κ1) is 13.1. The van der Waals surface area contributed by atoms with E-state index in [9.17, 15) is 5.26 Å². The summed E-state index contributed by atoms with van der Waals surface area (Å²) in [6.45, 7) is 2.46. The Kier molecular flexibility index (Phi) is 4.16. The molecule has 0 saturated carbocycles. The molecule has 1 aromatic rings. The van der Waals surface area contributed by atoms with Crippen LogP contribution in [0.5, 0.6) is 5.88 Å². The first-order chi connectivity index (χ1) is 8.01. The maximum Gasteiger partial charge on any atom is 0.217 e. The summed E-state index contributed by atoms with van der Waals surface area (Å²) < 4.78 is 5.41. The lowest BCUT2D eigenvalue weighted by atomic mass is 10.2. The number of pyridine rings is 1. The van der Waals surface area contributed by atoms with Gasteiger partial charge in [0.05, 0.1) is 12.3 Å². The SMILES string of the molecule is CCOc1cc(N(C)C)c(C#N)c(N(C)C)n1. The number of rotatable bonds is 4. The monoisotopic (exact) mass is 234 g/mol. The van der Waals surface area contributed by atoms with Crippen LogP contribution < -0.4 is 14.5 Å². The van der Waals surface area contributed by atoms with Crippen LogP contribution in [0.1, 0.15) is 12.5 Å². The van der Waals surface area contributed by atoms with Gasteiger partial charge in [0.25, 0.3) is 0 Å². The average molecular weight is 234 g/mol. The molecule has 5 heteroatoms. The van der Waals surface area contributed by atoms with Gasteiger partial charge in [0.2, 0.25) is 5.88 Å². The summed E-state index contributed by atoms with van der Waals surface area (Å²) in [5.74, 6) is 1.17. The lowest BCUT2D eigenvalue weighted by molar-refractivity contribution is 0.327. The van der Waals surface area contributed by atoms with Crippen molar-refractivity contribution in [3.63, 3.8) is 0 Å². The molecule has 92 valence electrons. The molecule has 0 aliphatic heterocycles. The van der Waals surface area contributed by atoms with E-state index in [2.05, 4.69) is 11.1 Å². The number of ether oxygens (including phenoxy) is 1. The zero-order chi connectivity index (χ0) is 13.0. The minimum Gasteiger partial charge on any atom is -0.478 e. The summed E-state index contributed by atoms with van der Waals surface area (Å²) in [5.41, 5.74) is 1.37. The molecule has 1 heterocycles. The van der Waals surface area contributed by atoms with E-state index >= 15 is 0 Å². The molecule has 0 aliphatic carbocycles. The van der Waals surface area contributed by atoms with Crippen molar-refractivity contribution in [3.05, 3.63) is 11.6 Å². The van der Waals surface area contributed by atoms with Crippen molar-refractivity contribution in [2.75, 3.05) is 44.6 Å². The molecule has 1 aromatic heterocycles. The Morgan fingerprint density at radius 2 is 1.94 bits per heavy atom. The van der Waals surface area contributed by atoms with E-state index < -0.39 is 0 Å². The maximum absolute atomic E-state index is 9.23. The number of hydrogen-bond acceptors (Lipinski definition) is 5. The molecule has 1 rings (SSSR count). The van der Waals surface area contributed by atoms with Crippen LogP contribution in [0, 0.1) is 11.3 Å². The van der Waals surface area contributed by atoms with Crippen LogP contribution >= 0.6 is 0 Å². The quantitative estimate of drug-likeness (QED) is 0.790. The standard InChI is InChI=1S/C12H18N4O/c1-6-17-11-7-10(15(2)3)9(8-13)12(14-11)16(4)5/h7H,6H2,1-5H3. The van der Waals surface area contributed by atoms with Gasteiger partial charge in [-0.25, -0.2) is 0 Å². The van der Waals surface area contributed by atoms with Gasteiger partial charge < -0.3 is 14.5 Å². The van der Waals surface area contributed by atoms with E-state index in [1.54, 1.807) is 6.07 Å². The van der Waals surface area contributed by atoms with E-state index in [1.807, 2.05) is 44.9 Å². The average Bonchev–Trinajstić information content (AvgIpc) is 2.28. The van der Waals surface area contributed by atoms with Crippen molar-refractivity contribution in [1.82, 2.24) is 4.98 Å². The highest BCUT2D eigenvalue weighted by Gasteiger charge is 2.16. The summed E-state index contributed by atoms with van der Waals surface area (Å²) in [7, 11) is 7.51. The summed E-state index contributed by atoms with van der Waals surface area (Å²) in [5, 5.41) is 9.23. The first-order valence-corrected chi connectivity index (χ1v) is 5.43. The fraction of sp³-hybridized carbons (Fsp3) is 0.500. The fourth-order valence-electron chi connectivity index (χ4n) is 1.50. The lowest BCUT2D eigenvalue weighted by Crippen LogP contribution is -2.17. The topological polar surface area (TPSA) is 52.4 Å². The van der Waals surface area contributed by atoms with Gasteiger partial charge in [-0.05, 0) is 6.92 Å². The van der Waals surface area contributed by atoms with Gasteiger partial charge in [-0.2, -0.15) is 10.2 Å². The molecule has 0 saturated heterocycles. The molecule has 17 heavy (non-hydrogen) atoms. The fourth-order valence-corrected chi connectivity index (χ4v) is 1.50. The summed E-state index contributed by atoms with van der Waals surface area (Å²) >= 11 is 0. The predicted molar refractivity (Wildman–Crippen MR) is 68.8 cm³/mol. The molecule has 0 aromatic carbocycles. The van der Waals surface area contributed by atoms with Gasteiger partial charge in [-0.15, -0.1) is 0 Å². The normalized spacial score (nSPS) is 9.65. The van der Waals surface area contributed by atoms with Crippen molar-refractivity contribution in [2.45, 2.75) is 6.92 Å². The highest BCUT2D eigenvalue weighted by atomic mass is 16.5. The second kappa shape index (κ2) is 5.39. The molecule has 0 atom stereocenters. The van der Waals surface area contributed by atoms with Gasteiger partial charge in [0.15, 0.2) is 5.82 Å². The molecule has 0 bridgehead atoms. The molecule has 0 N–H and O–H groups in total. The van der Waals surface area contributed by atoms with Crippen molar-refractivity contribution < 1.29 is 4.74 Å². The number of aromatic nitrogens is 1. The maximum atomic E-state index is 9.23. The third-order valence-corrected chi connectivity index (χ3v) is 2.27. The zero-order valence-corrected chi connectivity index (χ0v) is 11.0. The predicted octanol–water partition coefficient (Wildman–Crippen LogP) is 1.48. The Morgan fingerprint density at radius 1 is 1.29 bits per heavy atom. The van der Waals surface area contributed by atoms with Crippen LogP contribution in [0.4, 0.5) is 11.5 Å². The van der Waals surface area contributed by atoms with Crippen LogP contribution in [-0.4, -0.2) is 39.8 Å². The molecule has 0 amide bonds. The Bertz CT molecular complexity index is 406. The van der Waals surface area contributed by atoms with Crippen molar-refractivity contribution in [1.29, 1.82) is 5.26 Å². The summed E-state index contributed by atoms with van der Waals surface area (Å²) in [4.78, 5) is 8.03. The van der Waals surface area contributed by atoms with E-state index in [0.717, 1.165) is 5.69 Å². The summed E-state index contributed by atoms with van der Waals surface area (Å²) in [6, 6.07) is 3.98. The number of hydrogen-bond donors (Lipinski definition) is 0. The molecule has 0 fully saturated rings. The van der Waals surface area contributed by atoms with Gasteiger partial charge in [-0.3, -0.25) is 0 Å². The molecular weight excluding hydrogens is 216 g/mol. The van der Waals surface area contributed by atoms with E-state index in [-0.39, 0.29) is 0 Å². The van der Waals surface area contributed by atoms with Crippen LogP contribution in [-0.2, 0) is 0 Å². The Labute approximate surface area is 102 Å². The number of nitrogens with zero attached hydrogens (tertiary/aromatic N) is 4. The van der Waals surface area contributed by atoms with E-state index in [0.29, 0.717) is 23.9 Å². The Morgan fingerprint density at radius 3 is 2.35 bits per heavy atom. The van der Waals surface area contributed by atoms with Crippen LogP contribution in [0.3, 0.4) is 0 Å². The highest BCUT2D eigenvalue weighted by Crippen LogP contribution is 2.29. The molecule has 0 unspecified atom stereocenters. The summed E-state index contributed by atoms with van der Waals surface area (Å²) in [6.07, 6.45) is 0. The molecule has 0 radical (unpaired) electrons. The van der Waals surface area contributed by atoms with Crippen LogP contribution in [0.25, 0.3) is 0 Å². The second-order valence-corrected chi connectivity index (χ2v) is 4.01. The Hall–Kier alpha value is -1.96. The Balaban J connectivity index is 3.41. The van der Waals surface area contributed by atoms with Crippen LogP contribution in [0.2, 0.25) is 0 Å². The lowest BCUT2D eigenvalue weighted by Gasteiger charge is -2.20. The highest BCUT2D eigenvalue weighted by molar-refractivity contribution is 5.70. The van der Waals surface area contributed by atoms with Gasteiger partial charge in [0, 0.05) is 34.3 Å². The van der Waals surface area contributed by atoms with Crippen molar-refractivity contribution in [2.24, 2.45) is 0 Å². The number of anilines is 2. The molecular formula is C12H18N4O. The van der Waals surface area contributed by atoms with Gasteiger partial charge in [0.1, 0.15) is 11.6 Å². The van der Waals surface area contributed by atoms with Crippen molar-refractivity contribution >= 4 is 11.5 Å². The van der Waals surface area contributed by atoms with Gasteiger partial charge in [-0.1, -0.05) is 0 Å². The van der Waals surface area contributed by atoms with Gasteiger partial charge >= 0.3 is 0 Å². The third-order valence-electron chi connectivity index (χ3n) is 2.27. The van der Waals surface area contributed by atoms with E-state index in [1.165, 1.54) is 0 Å². The number of nitriles is 1. The molecule has 0 spiro atoms. The largest absolute Gasteiger partial charge is 0.478 e. The molecule has 5 nitrogen and oxygen atoms in total. The zero-order valence-electron chi connectivity index (χ0n) is 11.0. The second-order valence-electron chi connectivity index (χ2n) is 4.01. The van der Waals surface area contributed by atoms with Crippen LogP contribution in [0.15, 0.2) is 6.07 Å². The molecule has 0 aliphatic rings. The minimum atomic E-state index is 0.541. The van der Waals surface area contributed by atoms with Crippen molar-refractivity contribution in [3.8, 4) is 11.9 Å².